The van der Waals surface area contributed by atoms with Crippen molar-refractivity contribution in [1.29, 1.82) is 0 Å². The fourth-order valence-electron chi connectivity index (χ4n) is 5.15. The number of alkyl carbamates (subject to hydrolysis) is 1. The summed E-state index contributed by atoms with van der Waals surface area (Å²) in [5.41, 5.74) is 3.62. The molecule has 7 heteroatoms. The van der Waals surface area contributed by atoms with Crippen LogP contribution in [0.1, 0.15) is 108 Å². The third-order valence-corrected chi connectivity index (χ3v) is 7.72. The van der Waals surface area contributed by atoms with Crippen LogP contribution in [-0.2, 0) is 14.3 Å². The van der Waals surface area contributed by atoms with Crippen molar-refractivity contribution in [3.8, 4) is 0 Å². The number of para-hydroxylation sites is 1. The van der Waals surface area contributed by atoms with Crippen molar-refractivity contribution in [2.45, 2.75) is 119 Å². The van der Waals surface area contributed by atoms with Crippen LogP contribution in [0, 0.1) is 26.7 Å². The molecule has 0 fully saturated rings. The maximum atomic E-state index is 14.6. The van der Waals surface area contributed by atoms with Gasteiger partial charge < -0.3 is 20.3 Å². The van der Waals surface area contributed by atoms with Crippen LogP contribution < -0.4 is 10.6 Å². The molecule has 0 saturated carbocycles. The summed E-state index contributed by atoms with van der Waals surface area (Å²) in [4.78, 5) is 43.5. The van der Waals surface area contributed by atoms with E-state index in [1.54, 1.807) is 25.7 Å². The van der Waals surface area contributed by atoms with Gasteiger partial charge in [0.2, 0.25) is 5.91 Å². The first-order valence-corrected chi connectivity index (χ1v) is 15.5. The molecule has 3 amide bonds. The average Bonchev–Trinajstić information content (AvgIpc) is 2.91. The molecule has 0 radical (unpaired) electrons. The summed E-state index contributed by atoms with van der Waals surface area (Å²) in [6.07, 6.45) is 5.03. The number of nitrogens with one attached hydrogen (secondary N) is 2. The Balaban J connectivity index is 2.63. The lowest BCUT2D eigenvalue weighted by molar-refractivity contribution is -0.142. The number of nitrogens with zero attached hydrogens (tertiary/aromatic N) is 1. The van der Waals surface area contributed by atoms with E-state index in [0.717, 1.165) is 54.4 Å². The van der Waals surface area contributed by atoms with E-state index in [1.807, 2.05) is 77.1 Å². The number of unbranched alkanes of at least 4 members (excludes halogenated alkanes) is 4. The van der Waals surface area contributed by atoms with Gasteiger partial charge in [-0.2, -0.15) is 0 Å². The molecule has 42 heavy (non-hydrogen) atoms. The van der Waals surface area contributed by atoms with Crippen LogP contribution in [0.2, 0.25) is 0 Å². The highest BCUT2D eigenvalue weighted by Crippen LogP contribution is 2.31. The molecule has 3 unspecified atom stereocenters. The molecule has 2 aromatic carbocycles. The standard InChI is InChI=1S/C35H53N3O4/c1-10-12-13-14-17-23-38(33(40)30(24(3)11-2)37-34(41)42-35(7,8)9)31(29-26(5)20-18-21-27(29)6)32(39)36-28-22-16-15-19-25(28)4/h15-16,18-22,24,30-31H,10-14,17,23H2,1-9H3,(H,36,39)(H,37,41). The number of anilines is 1. The molecule has 0 spiro atoms. The highest BCUT2D eigenvalue weighted by atomic mass is 16.6. The smallest absolute Gasteiger partial charge is 0.408 e. The highest BCUT2D eigenvalue weighted by Gasteiger charge is 2.39. The second-order valence-electron chi connectivity index (χ2n) is 12.5. The predicted octanol–water partition coefficient (Wildman–Crippen LogP) is 8.03. The van der Waals surface area contributed by atoms with Gasteiger partial charge in [-0.15, -0.1) is 0 Å². The second-order valence-corrected chi connectivity index (χ2v) is 12.5. The largest absolute Gasteiger partial charge is 0.444 e. The van der Waals surface area contributed by atoms with Crippen LogP contribution in [0.3, 0.4) is 0 Å². The molecule has 7 nitrogen and oxygen atoms in total. The maximum absolute atomic E-state index is 14.6. The first kappa shape index (κ1) is 34.8. The lowest BCUT2D eigenvalue weighted by atomic mass is 9.91. The van der Waals surface area contributed by atoms with Crippen LogP contribution in [-0.4, -0.2) is 41.0 Å². The van der Waals surface area contributed by atoms with E-state index in [9.17, 15) is 14.4 Å². The summed E-state index contributed by atoms with van der Waals surface area (Å²) < 4.78 is 5.54. The van der Waals surface area contributed by atoms with Crippen molar-refractivity contribution in [3.63, 3.8) is 0 Å². The van der Waals surface area contributed by atoms with E-state index in [2.05, 4.69) is 17.6 Å². The number of benzene rings is 2. The van der Waals surface area contributed by atoms with E-state index in [1.165, 1.54) is 0 Å². The fraction of sp³-hybridized carbons (Fsp3) is 0.571. The first-order chi connectivity index (χ1) is 19.8. The lowest BCUT2D eigenvalue weighted by Gasteiger charge is -2.37. The molecule has 2 aromatic rings. The van der Waals surface area contributed by atoms with E-state index >= 15 is 0 Å². The Kier molecular flexibility index (Phi) is 13.5. The highest BCUT2D eigenvalue weighted by molar-refractivity contribution is 5.99. The van der Waals surface area contributed by atoms with Crippen LogP contribution in [0.4, 0.5) is 10.5 Å². The first-order valence-electron chi connectivity index (χ1n) is 15.5. The van der Waals surface area contributed by atoms with Gasteiger partial charge in [0.1, 0.15) is 17.7 Å². The van der Waals surface area contributed by atoms with Gasteiger partial charge in [0.05, 0.1) is 0 Å². The van der Waals surface area contributed by atoms with Gasteiger partial charge >= 0.3 is 6.09 Å². The minimum Gasteiger partial charge on any atom is -0.444 e. The van der Waals surface area contributed by atoms with E-state index in [-0.39, 0.29) is 17.7 Å². The molecule has 0 heterocycles. The Labute approximate surface area is 253 Å². The van der Waals surface area contributed by atoms with Gasteiger partial charge in [-0.1, -0.05) is 89.3 Å². The quantitative estimate of drug-likeness (QED) is 0.222. The number of aryl methyl sites for hydroxylation is 3. The zero-order valence-electron chi connectivity index (χ0n) is 27.3. The second kappa shape index (κ2) is 16.3. The molecule has 232 valence electrons. The Bertz CT molecular complexity index is 1170. The number of ether oxygens (including phenoxy) is 1. The van der Waals surface area contributed by atoms with Gasteiger partial charge in [-0.05, 0) is 82.2 Å². The number of rotatable bonds is 14. The van der Waals surface area contributed by atoms with Gasteiger partial charge in [-0.3, -0.25) is 9.59 Å². The molecule has 0 aromatic heterocycles. The predicted molar refractivity (Wildman–Crippen MR) is 172 cm³/mol. The molecule has 0 aliphatic carbocycles. The molecular weight excluding hydrogens is 526 g/mol. The molecule has 0 saturated heterocycles. The van der Waals surface area contributed by atoms with Crippen molar-refractivity contribution in [3.05, 3.63) is 64.7 Å². The molecule has 2 N–H and O–H groups in total. The monoisotopic (exact) mass is 579 g/mol. The average molecular weight is 580 g/mol. The van der Waals surface area contributed by atoms with E-state index in [4.69, 9.17) is 4.74 Å². The molecule has 3 atom stereocenters. The summed E-state index contributed by atoms with van der Waals surface area (Å²) in [6.45, 7) is 17.8. The molecular formula is C35H53N3O4. The lowest BCUT2D eigenvalue weighted by Crippen LogP contribution is -2.55. The third-order valence-electron chi connectivity index (χ3n) is 7.72. The van der Waals surface area contributed by atoms with E-state index < -0.39 is 23.8 Å². The number of carbonyl (C=O) groups excluding carboxylic acids is 3. The number of amides is 3. The van der Waals surface area contributed by atoms with Crippen molar-refractivity contribution >= 4 is 23.6 Å². The Hall–Kier alpha value is -3.35. The van der Waals surface area contributed by atoms with Crippen LogP contribution >= 0.6 is 0 Å². The van der Waals surface area contributed by atoms with Crippen LogP contribution in [0.15, 0.2) is 42.5 Å². The molecule has 0 bridgehead atoms. The SMILES string of the molecule is CCCCCCCN(C(=O)C(NC(=O)OC(C)(C)C)C(C)CC)C(C(=O)Nc1ccccc1C)c1c(C)cccc1C. The van der Waals surface area contributed by atoms with Crippen molar-refractivity contribution < 1.29 is 19.1 Å². The zero-order valence-corrected chi connectivity index (χ0v) is 27.3. The van der Waals surface area contributed by atoms with Crippen LogP contribution in [0.25, 0.3) is 0 Å². The normalized spacial score (nSPS) is 13.5. The van der Waals surface area contributed by atoms with Crippen molar-refractivity contribution in [2.75, 3.05) is 11.9 Å². The van der Waals surface area contributed by atoms with E-state index in [0.29, 0.717) is 18.7 Å². The minimum absolute atomic E-state index is 0.175. The van der Waals surface area contributed by atoms with Crippen LogP contribution in [0.5, 0.6) is 0 Å². The Morgan fingerprint density at radius 1 is 0.857 bits per heavy atom. The van der Waals surface area contributed by atoms with Crippen molar-refractivity contribution in [2.24, 2.45) is 5.92 Å². The number of hydrogen-bond acceptors (Lipinski definition) is 4. The maximum Gasteiger partial charge on any atom is 0.408 e. The molecule has 0 aliphatic rings. The van der Waals surface area contributed by atoms with Gasteiger partial charge in [0.15, 0.2) is 0 Å². The Morgan fingerprint density at radius 2 is 1.45 bits per heavy atom. The van der Waals surface area contributed by atoms with Gasteiger partial charge in [0.25, 0.3) is 5.91 Å². The summed E-state index contributed by atoms with van der Waals surface area (Å²) in [5, 5.41) is 5.98. The van der Waals surface area contributed by atoms with Crippen molar-refractivity contribution in [1.82, 2.24) is 10.2 Å². The minimum atomic E-state index is -0.878. The molecule has 2 rings (SSSR count). The summed E-state index contributed by atoms with van der Waals surface area (Å²) >= 11 is 0. The zero-order chi connectivity index (χ0) is 31.4. The Morgan fingerprint density at radius 3 is 2.02 bits per heavy atom. The topological polar surface area (TPSA) is 87.7 Å². The summed E-state index contributed by atoms with van der Waals surface area (Å²) in [5.74, 6) is -0.729. The summed E-state index contributed by atoms with van der Waals surface area (Å²) in [7, 11) is 0. The summed E-state index contributed by atoms with van der Waals surface area (Å²) in [6, 6.07) is 11.8. The number of carbonyl (C=O) groups is 3. The van der Waals surface area contributed by atoms with Gasteiger partial charge in [0, 0.05) is 12.2 Å². The number of hydrogen-bond donors (Lipinski definition) is 2. The molecule has 0 aliphatic heterocycles. The van der Waals surface area contributed by atoms with Gasteiger partial charge in [-0.25, -0.2) is 4.79 Å². The third kappa shape index (κ3) is 10.2. The fourth-order valence-corrected chi connectivity index (χ4v) is 5.15.